The Morgan fingerprint density at radius 1 is 0.950 bits per heavy atom. The van der Waals surface area contributed by atoms with Gasteiger partial charge in [0.15, 0.2) is 0 Å². The average Bonchev–Trinajstić information content (AvgIpc) is 2.93. The van der Waals surface area contributed by atoms with Crippen molar-refractivity contribution in [3.8, 4) is 5.75 Å². The number of nitrogens with one attached hydrogen (secondary N) is 2. The van der Waals surface area contributed by atoms with Crippen LogP contribution in [0.15, 0.2) is 84.9 Å². The maximum absolute atomic E-state index is 12.9. The van der Waals surface area contributed by atoms with E-state index in [1.807, 2.05) is 49.4 Å². The van der Waals surface area contributed by atoms with Crippen LogP contribution < -0.4 is 22.1 Å². The van der Waals surface area contributed by atoms with Crippen LogP contribution in [-0.4, -0.2) is 23.5 Å². The first-order chi connectivity index (χ1) is 19.3. The molecule has 0 aliphatic carbocycles. The van der Waals surface area contributed by atoms with Crippen LogP contribution in [0.1, 0.15) is 51.0 Å². The Morgan fingerprint density at radius 3 is 2.33 bits per heavy atom. The molecule has 0 unspecified atom stereocenters. The summed E-state index contributed by atoms with van der Waals surface area (Å²) in [7, 11) is 0. The third-order valence-electron chi connectivity index (χ3n) is 6.85. The fourth-order valence-electron chi connectivity index (χ4n) is 4.91. The minimum absolute atomic E-state index is 0.0586. The Kier molecular flexibility index (Phi) is 9.41. The maximum Gasteiger partial charge on any atom is 0.257 e. The molecule has 0 aromatic heterocycles. The number of fused-ring (bicyclic) bond motifs is 1. The van der Waals surface area contributed by atoms with Crippen molar-refractivity contribution in [2.45, 2.75) is 39.0 Å². The number of benzene rings is 4. The predicted molar refractivity (Wildman–Crippen MR) is 162 cm³/mol. The van der Waals surface area contributed by atoms with Gasteiger partial charge in [-0.2, -0.15) is 0 Å². The normalized spacial score (nSPS) is 11.8. The summed E-state index contributed by atoms with van der Waals surface area (Å²) in [6.07, 6.45) is 3.74. The lowest BCUT2D eigenvalue weighted by atomic mass is 9.93. The SMILES string of the molecule is Cc1cc(O)cc(N)c1CCC(N)=O.O=C(Nc1ccccc1)c1cc(Cc2ccccc2)cc2c1NCCC2. The number of carbonyl (C=O) groups is 2. The van der Waals surface area contributed by atoms with Gasteiger partial charge in [-0.3, -0.25) is 9.59 Å². The quantitative estimate of drug-likeness (QED) is 0.197. The number of carbonyl (C=O) groups excluding carboxylic acids is 2. The molecule has 0 fully saturated rings. The largest absolute Gasteiger partial charge is 0.508 e. The molecule has 0 saturated heterocycles. The molecule has 0 saturated carbocycles. The average molecular weight is 537 g/mol. The number of nitrogens with two attached hydrogens (primary N) is 2. The number of aryl methyl sites for hydroxylation is 2. The van der Waals surface area contributed by atoms with Crippen molar-refractivity contribution in [3.05, 3.63) is 118 Å². The molecule has 0 radical (unpaired) electrons. The molecule has 7 N–H and O–H groups in total. The van der Waals surface area contributed by atoms with Crippen LogP contribution >= 0.6 is 0 Å². The molecular formula is C33H36N4O3. The number of aromatic hydroxyl groups is 1. The van der Waals surface area contributed by atoms with E-state index in [0.717, 1.165) is 53.9 Å². The van der Waals surface area contributed by atoms with Crippen molar-refractivity contribution in [2.75, 3.05) is 22.9 Å². The first-order valence-corrected chi connectivity index (χ1v) is 13.5. The molecular weight excluding hydrogens is 500 g/mol. The molecule has 1 aliphatic heterocycles. The van der Waals surface area contributed by atoms with E-state index in [-0.39, 0.29) is 24.0 Å². The van der Waals surface area contributed by atoms with Crippen LogP contribution in [0.25, 0.3) is 0 Å². The number of phenolic OH excluding ortho intramolecular Hbond substituents is 1. The molecule has 0 bridgehead atoms. The number of primary amides is 1. The van der Waals surface area contributed by atoms with Crippen molar-refractivity contribution in [2.24, 2.45) is 5.73 Å². The van der Waals surface area contributed by atoms with Crippen molar-refractivity contribution in [3.63, 3.8) is 0 Å². The molecule has 7 nitrogen and oxygen atoms in total. The summed E-state index contributed by atoms with van der Waals surface area (Å²) in [5.74, 6) is -0.267. The number of para-hydroxylation sites is 1. The first-order valence-electron chi connectivity index (χ1n) is 13.5. The van der Waals surface area contributed by atoms with Gasteiger partial charge < -0.3 is 27.2 Å². The summed E-state index contributed by atoms with van der Waals surface area (Å²) in [4.78, 5) is 23.5. The summed E-state index contributed by atoms with van der Waals surface area (Å²) < 4.78 is 0. The number of rotatable bonds is 7. The monoisotopic (exact) mass is 536 g/mol. The summed E-state index contributed by atoms with van der Waals surface area (Å²) in [6, 6.07) is 27.4. The fourth-order valence-corrected chi connectivity index (χ4v) is 4.91. The molecule has 0 atom stereocenters. The highest BCUT2D eigenvalue weighted by atomic mass is 16.3. The fraction of sp³-hybridized carbons (Fsp3) is 0.212. The number of phenols is 1. The van der Waals surface area contributed by atoms with Gasteiger partial charge in [0, 0.05) is 30.4 Å². The zero-order chi connectivity index (χ0) is 28.5. The van der Waals surface area contributed by atoms with Crippen molar-refractivity contribution in [1.29, 1.82) is 0 Å². The summed E-state index contributed by atoms with van der Waals surface area (Å²) >= 11 is 0. The van der Waals surface area contributed by atoms with E-state index in [1.54, 1.807) is 6.07 Å². The minimum atomic E-state index is -0.350. The summed E-state index contributed by atoms with van der Waals surface area (Å²) in [5.41, 5.74) is 19.2. The number of hydrogen-bond donors (Lipinski definition) is 5. The molecule has 4 aromatic carbocycles. The maximum atomic E-state index is 12.9. The highest BCUT2D eigenvalue weighted by Gasteiger charge is 2.19. The van der Waals surface area contributed by atoms with E-state index in [9.17, 15) is 14.7 Å². The van der Waals surface area contributed by atoms with Gasteiger partial charge in [0.25, 0.3) is 5.91 Å². The number of nitrogen functional groups attached to an aromatic ring is 1. The van der Waals surface area contributed by atoms with Gasteiger partial charge in [0.05, 0.1) is 11.3 Å². The lowest BCUT2D eigenvalue weighted by Gasteiger charge is -2.22. The second-order valence-corrected chi connectivity index (χ2v) is 9.99. The molecule has 0 spiro atoms. The zero-order valence-electron chi connectivity index (χ0n) is 22.7. The molecule has 40 heavy (non-hydrogen) atoms. The van der Waals surface area contributed by atoms with Gasteiger partial charge in [-0.15, -0.1) is 0 Å². The Morgan fingerprint density at radius 2 is 1.65 bits per heavy atom. The van der Waals surface area contributed by atoms with Crippen molar-refractivity contribution < 1.29 is 14.7 Å². The molecule has 1 heterocycles. The van der Waals surface area contributed by atoms with Gasteiger partial charge in [-0.25, -0.2) is 0 Å². The van der Waals surface area contributed by atoms with Gasteiger partial charge >= 0.3 is 0 Å². The minimum Gasteiger partial charge on any atom is -0.508 e. The molecule has 1 aliphatic rings. The Hall–Kier alpha value is -4.78. The van der Waals surface area contributed by atoms with Gasteiger partial charge in [0.1, 0.15) is 5.75 Å². The van der Waals surface area contributed by atoms with Crippen molar-refractivity contribution in [1.82, 2.24) is 0 Å². The molecule has 7 heteroatoms. The number of amides is 2. The summed E-state index contributed by atoms with van der Waals surface area (Å²) in [5, 5.41) is 15.7. The second kappa shape index (κ2) is 13.3. The van der Waals surface area contributed by atoms with Gasteiger partial charge in [-0.1, -0.05) is 54.6 Å². The van der Waals surface area contributed by atoms with E-state index < -0.39 is 0 Å². The third kappa shape index (κ3) is 7.63. The first kappa shape index (κ1) is 28.2. The Bertz CT molecular complexity index is 1450. The summed E-state index contributed by atoms with van der Waals surface area (Å²) in [6.45, 7) is 2.75. The van der Waals surface area contributed by atoms with Crippen LogP contribution in [0.2, 0.25) is 0 Å². The number of anilines is 3. The second-order valence-electron chi connectivity index (χ2n) is 9.99. The van der Waals surface area contributed by atoms with E-state index >= 15 is 0 Å². The van der Waals surface area contributed by atoms with Crippen LogP contribution in [-0.2, 0) is 24.1 Å². The molecule has 5 rings (SSSR count). The van der Waals surface area contributed by atoms with E-state index in [0.29, 0.717) is 12.1 Å². The van der Waals surface area contributed by atoms with Crippen LogP contribution in [0, 0.1) is 6.92 Å². The molecule has 4 aromatic rings. The van der Waals surface area contributed by atoms with Gasteiger partial charge in [0.2, 0.25) is 5.91 Å². The Balaban J connectivity index is 0.000000224. The smallest absolute Gasteiger partial charge is 0.257 e. The van der Waals surface area contributed by atoms with E-state index in [1.165, 1.54) is 22.8 Å². The lowest BCUT2D eigenvalue weighted by Crippen LogP contribution is -2.20. The van der Waals surface area contributed by atoms with Crippen LogP contribution in [0.5, 0.6) is 5.75 Å². The van der Waals surface area contributed by atoms with E-state index in [4.69, 9.17) is 11.5 Å². The van der Waals surface area contributed by atoms with Crippen molar-refractivity contribution >= 4 is 28.9 Å². The molecule has 206 valence electrons. The van der Waals surface area contributed by atoms with Crippen LogP contribution in [0.3, 0.4) is 0 Å². The highest BCUT2D eigenvalue weighted by Crippen LogP contribution is 2.30. The Labute approximate surface area is 235 Å². The standard InChI is InChI=1S/C23H22N2O.C10H14N2O2/c26-23(25-20-11-5-2-6-12-20)21-16-18(14-17-8-3-1-4-9-17)15-19-10-7-13-24-22(19)21;1-6-4-7(13)5-9(11)8(6)2-3-10(12)14/h1-6,8-9,11-12,15-16,24H,7,10,13-14H2,(H,25,26);4-5,13H,2-3,11H2,1H3,(H2,12,14). The lowest BCUT2D eigenvalue weighted by molar-refractivity contribution is -0.117. The highest BCUT2D eigenvalue weighted by molar-refractivity contribution is 6.08. The predicted octanol–water partition coefficient (Wildman–Crippen LogP) is 5.59. The van der Waals surface area contributed by atoms with Crippen LogP contribution in [0.4, 0.5) is 17.1 Å². The third-order valence-corrected chi connectivity index (χ3v) is 6.85. The van der Waals surface area contributed by atoms with Gasteiger partial charge in [-0.05, 0) is 84.7 Å². The topological polar surface area (TPSA) is 130 Å². The zero-order valence-corrected chi connectivity index (χ0v) is 22.7. The molecule has 2 amide bonds. The van der Waals surface area contributed by atoms with E-state index in [2.05, 4.69) is 41.0 Å². The number of hydrogen-bond acceptors (Lipinski definition) is 5.